The molecule has 2 amide bonds. The van der Waals surface area contributed by atoms with E-state index < -0.39 is 5.60 Å². The molecular formula is C23H32FN5O3. The minimum atomic E-state index is -0.500. The molecule has 8 nitrogen and oxygen atoms in total. The second-order valence-electron chi connectivity index (χ2n) is 8.81. The fourth-order valence-electron chi connectivity index (χ4n) is 3.61. The third-order valence-electron chi connectivity index (χ3n) is 5.26. The molecule has 9 heteroatoms. The first kappa shape index (κ1) is 23.7. The lowest BCUT2D eigenvalue weighted by atomic mass is 10.2. The SMILES string of the molecule is CCc1c(C(=O)NCCN2CCN(C(=O)OC(C)(C)C)CC2)cnn1-c1ccc(F)cc1. The summed E-state index contributed by atoms with van der Waals surface area (Å²) in [5.41, 5.74) is 1.51. The van der Waals surface area contributed by atoms with Gasteiger partial charge < -0.3 is 15.0 Å². The quantitative estimate of drug-likeness (QED) is 0.740. The lowest BCUT2D eigenvalue weighted by molar-refractivity contribution is 0.0147. The van der Waals surface area contributed by atoms with Crippen LogP contribution >= 0.6 is 0 Å². The fraction of sp³-hybridized carbons (Fsp3) is 0.522. The summed E-state index contributed by atoms with van der Waals surface area (Å²) in [6, 6.07) is 6.03. The summed E-state index contributed by atoms with van der Waals surface area (Å²) in [5, 5.41) is 7.29. The van der Waals surface area contributed by atoms with Gasteiger partial charge in [0.05, 0.1) is 23.1 Å². The maximum Gasteiger partial charge on any atom is 0.410 e. The smallest absolute Gasteiger partial charge is 0.410 e. The Morgan fingerprint density at radius 2 is 1.78 bits per heavy atom. The van der Waals surface area contributed by atoms with E-state index in [4.69, 9.17) is 4.74 Å². The summed E-state index contributed by atoms with van der Waals surface area (Å²) < 4.78 is 20.3. The molecule has 0 radical (unpaired) electrons. The van der Waals surface area contributed by atoms with Crippen molar-refractivity contribution in [1.82, 2.24) is 24.9 Å². The minimum Gasteiger partial charge on any atom is -0.444 e. The van der Waals surface area contributed by atoms with E-state index in [1.807, 2.05) is 27.7 Å². The van der Waals surface area contributed by atoms with Gasteiger partial charge in [0.25, 0.3) is 5.91 Å². The molecular weight excluding hydrogens is 413 g/mol. The Morgan fingerprint density at radius 1 is 1.12 bits per heavy atom. The van der Waals surface area contributed by atoms with Crippen LogP contribution in [-0.2, 0) is 11.2 Å². The van der Waals surface area contributed by atoms with Gasteiger partial charge in [-0.1, -0.05) is 6.92 Å². The molecule has 2 heterocycles. The van der Waals surface area contributed by atoms with Crippen LogP contribution in [0.2, 0.25) is 0 Å². The maximum absolute atomic E-state index is 13.2. The maximum atomic E-state index is 13.2. The Hall–Kier alpha value is -2.94. The summed E-state index contributed by atoms with van der Waals surface area (Å²) in [5.74, 6) is -0.494. The number of aromatic nitrogens is 2. The molecule has 0 atom stereocenters. The van der Waals surface area contributed by atoms with Crippen molar-refractivity contribution < 1.29 is 18.7 Å². The highest BCUT2D eigenvalue weighted by atomic mass is 19.1. The zero-order valence-corrected chi connectivity index (χ0v) is 19.2. The molecule has 0 bridgehead atoms. The van der Waals surface area contributed by atoms with Crippen molar-refractivity contribution in [3.63, 3.8) is 0 Å². The van der Waals surface area contributed by atoms with Crippen molar-refractivity contribution in [1.29, 1.82) is 0 Å². The van der Waals surface area contributed by atoms with Crippen LogP contribution in [0.25, 0.3) is 5.69 Å². The van der Waals surface area contributed by atoms with Crippen molar-refractivity contribution in [2.24, 2.45) is 0 Å². The first-order chi connectivity index (χ1) is 15.2. The predicted octanol–water partition coefficient (Wildman–Crippen LogP) is 2.86. The second-order valence-corrected chi connectivity index (χ2v) is 8.81. The monoisotopic (exact) mass is 445 g/mol. The summed E-state index contributed by atoms with van der Waals surface area (Å²) in [4.78, 5) is 28.8. The Balaban J connectivity index is 1.49. The molecule has 0 saturated carbocycles. The van der Waals surface area contributed by atoms with Gasteiger partial charge in [-0.3, -0.25) is 9.69 Å². The van der Waals surface area contributed by atoms with Crippen LogP contribution < -0.4 is 5.32 Å². The van der Waals surface area contributed by atoms with Crippen LogP contribution in [0.4, 0.5) is 9.18 Å². The number of nitrogens with zero attached hydrogens (tertiary/aromatic N) is 4. The Morgan fingerprint density at radius 3 is 2.38 bits per heavy atom. The number of hydrogen-bond acceptors (Lipinski definition) is 5. The molecule has 1 aliphatic rings. The Bertz CT molecular complexity index is 928. The number of carbonyl (C=O) groups excluding carboxylic acids is 2. The predicted molar refractivity (Wildman–Crippen MR) is 119 cm³/mol. The summed E-state index contributed by atoms with van der Waals surface area (Å²) in [6.07, 6.45) is 1.89. The number of rotatable bonds is 6. The number of hydrogen-bond donors (Lipinski definition) is 1. The van der Waals surface area contributed by atoms with Gasteiger partial charge in [-0.05, 0) is 51.5 Å². The number of benzene rings is 1. The number of ether oxygens (including phenoxy) is 1. The third-order valence-corrected chi connectivity index (χ3v) is 5.26. The highest BCUT2D eigenvalue weighted by Gasteiger charge is 2.26. The van der Waals surface area contributed by atoms with Crippen molar-refractivity contribution in [3.05, 3.63) is 47.5 Å². The van der Waals surface area contributed by atoms with Crippen LogP contribution in [0, 0.1) is 5.82 Å². The van der Waals surface area contributed by atoms with Crippen LogP contribution in [0.15, 0.2) is 30.5 Å². The lowest BCUT2D eigenvalue weighted by Crippen LogP contribution is -2.51. The molecule has 1 fully saturated rings. The van der Waals surface area contributed by atoms with Gasteiger partial charge in [-0.15, -0.1) is 0 Å². The summed E-state index contributed by atoms with van der Waals surface area (Å²) >= 11 is 0. The number of piperazine rings is 1. The molecule has 174 valence electrons. The van der Waals surface area contributed by atoms with Crippen molar-refractivity contribution >= 4 is 12.0 Å². The zero-order chi connectivity index (χ0) is 23.3. The van der Waals surface area contributed by atoms with Crippen LogP contribution in [0.3, 0.4) is 0 Å². The van der Waals surface area contributed by atoms with E-state index in [1.54, 1.807) is 27.9 Å². The number of amides is 2. The molecule has 3 rings (SSSR count). The molecule has 1 aromatic carbocycles. The van der Waals surface area contributed by atoms with E-state index in [0.29, 0.717) is 43.9 Å². The highest BCUT2D eigenvalue weighted by molar-refractivity contribution is 5.95. The normalized spacial score (nSPS) is 15.0. The minimum absolute atomic E-state index is 0.178. The van der Waals surface area contributed by atoms with Gasteiger partial charge in [-0.25, -0.2) is 13.9 Å². The first-order valence-electron chi connectivity index (χ1n) is 11.0. The number of carbonyl (C=O) groups is 2. The summed E-state index contributed by atoms with van der Waals surface area (Å²) in [7, 11) is 0. The Labute approximate surface area is 188 Å². The summed E-state index contributed by atoms with van der Waals surface area (Å²) in [6.45, 7) is 11.4. The van der Waals surface area contributed by atoms with E-state index in [-0.39, 0.29) is 17.8 Å². The number of nitrogens with one attached hydrogen (secondary N) is 1. The van der Waals surface area contributed by atoms with E-state index in [1.165, 1.54) is 12.1 Å². The van der Waals surface area contributed by atoms with Gasteiger partial charge in [-0.2, -0.15) is 5.10 Å². The third kappa shape index (κ3) is 6.06. The fourth-order valence-corrected chi connectivity index (χ4v) is 3.61. The topological polar surface area (TPSA) is 79.7 Å². The molecule has 0 unspecified atom stereocenters. The van der Waals surface area contributed by atoms with Gasteiger partial charge in [0.15, 0.2) is 0 Å². The molecule has 32 heavy (non-hydrogen) atoms. The number of halogens is 1. The molecule has 1 N–H and O–H groups in total. The second kappa shape index (κ2) is 10.1. The van der Waals surface area contributed by atoms with Crippen molar-refractivity contribution in [3.8, 4) is 5.69 Å². The lowest BCUT2D eigenvalue weighted by Gasteiger charge is -2.35. The molecule has 1 aliphatic heterocycles. The van der Waals surface area contributed by atoms with Crippen LogP contribution in [0.1, 0.15) is 43.7 Å². The van der Waals surface area contributed by atoms with E-state index in [2.05, 4.69) is 15.3 Å². The van der Waals surface area contributed by atoms with Crippen molar-refractivity contribution in [2.75, 3.05) is 39.3 Å². The van der Waals surface area contributed by atoms with Gasteiger partial charge in [0, 0.05) is 39.3 Å². The average molecular weight is 446 g/mol. The van der Waals surface area contributed by atoms with Gasteiger partial charge >= 0.3 is 6.09 Å². The van der Waals surface area contributed by atoms with E-state index in [0.717, 1.165) is 18.8 Å². The zero-order valence-electron chi connectivity index (χ0n) is 19.2. The van der Waals surface area contributed by atoms with Crippen LogP contribution in [-0.4, -0.2) is 76.5 Å². The largest absolute Gasteiger partial charge is 0.444 e. The molecule has 1 aromatic heterocycles. The average Bonchev–Trinajstić information content (AvgIpc) is 3.17. The first-order valence-corrected chi connectivity index (χ1v) is 11.0. The molecule has 0 aliphatic carbocycles. The molecule has 2 aromatic rings. The highest BCUT2D eigenvalue weighted by Crippen LogP contribution is 2.16. The molecule has 1 saturated heterocycles. The van der Waals surface area contributed by atoms with Gasteiger partial charge in [0.2, 0.25) is 0 Å². The van der Waals surface area contributed by atoms with E-state index in [9.17, 15) is 14.0 Å². The van der Waals surface area contributed by atoms with Crippen molar-refractivity contribution in [2.45, 2.75) is 39.7 Å². The Kier molecular flexibility index (Phi) is 7.50. The van der Waals surface area contributed by atoms with Crippen LogP contribution in [0.5, 0.6) is 0 Å². The standard InChI is InChI=1S/C23H32FN5O3/c1-5-20-19(16-26-29(20)18-8-6-17(24)7-9-18)21(30)25-10-11-27-12-14-28(15-13-27)22(31)32-23(2,3)4/h6-9,16H,5,10-15H2,1-4H3,(H,25,30). The van der Waals surface area contributed by atoms with E-state index >= 15 is 0 Å². The van der Waals surface area contributed by atoms with Gasteiger partial charge in [0.1, 0.15) is 11.4 Å². The molecule has 0 spiro atoms.